The molecule has 0 radical (unpaired) electrons. The van der Waals surface area contributed by atoms with E-state index in [2.05, 4.69) is 21.5 Å². The van der Waals surface area contributed by atoms with Crippen LogP contribution in [0.15, 0.2) is 0 Å². The van der Waals surface area contributed by atoms with Gasteiger partial charge in [0.05, 0.1) is 21.0 Å². The van der Waals surface area contributed by atoms with Crippen LogP contribution in [0.2, 0.25) is 0 Å². The van der Waals surface area contributed by atoms with Crippen molar-refractivity contribution < 1.29 is 97.1 Å². The quantitative estimate of drug-likeness (QED) is 0.0459. The zero-order valence-corrected chi connectivity index (χ0v) is 26.5. The normalized spacial score (nSPS) is 11.7. The van der Waals surface area contributed by atoms with Crippen LogP contribution in [0.1, 0.15) is 96.8 Å². The number of ether oxygens (including phenoxy) is 2. The Morgan fingerprint density at radius 1 is 0.912 bits per heavy atom. The number of carbonyl (C=O) groups excluding carboxylic acids is 2. The molecule has 0 aliphatic heterocycles. The van der Waals surface area contributed by atoms with Gasteiger partial charge >= 0.3 is 65.1 Å². The van der Waals surface area contributed by atoms with Crippen molar-refractivity contribution in [3.05, 3.63) is 0 Å². The second kappa shape index (κ2) is 28.6. The summed E-state index contributed by atoms with van der Waals surface area (Å²) in [5.41, 5.74) is 0. The van der Waals surface area contributed by atoms with Crippen LogP contribution in [0.4, 0.5) is 0 Å². The summed E-state index contributed by atoms with van der Waals surface area (Å²) in [7, 11) is -5.12. The molecule has 0 amide bonds. The van der Waals surface area contributed by atoms with Crippen molar-refractivity contribution in [3.63, 3.8) is 0 Å². The standard InChI is InChI=1S/C22H44NO8P.2Na/c1-2-3-4-5-6-7-9-12-15-22(25)31-21(19-30-32(26,27)28)18-23-16-13-10-8-11-14-17-29-20-24;;/h20-21,23H,2-19H2,1H3,(H2,26,27,28);;/q;2*+1/p-2/t21-;;/m0../s1. The fraction of sp³-hybridized carbons (Fsp3) is 0.909. The number of hydrogen-bond donors (Lipinski definition) is 1. The summed E-state index contributed by atoms with van der Waals surface area (Å²) in [6, 6.07) is 0. The van der Waals surface area contributed by atoms with E-state index < -0.39 is 26.5 Å². The monoisotopic (exact) mass is 525 g/mol. The SMILES string of the molecule is CCCCCCCCCCC(=O)O[C@@H](CNCCCCCCCOC=O)COP(=O)([O-])[O-].[Na+].[Na+]. The molecule has 0 spiro atoms. The number of nitrogens with one attached hydrogen (secondary N) is 1. The van der Waals surface area contributed by atoms with Gasteiger partial charge in [-0.15, -0.1) is 0 Å². The van der Waals surface area contributed by atoms with Gasteiger partial charge in [-0.2, -0.15) is 0 Å². The number of hydrogen-bond acceptors (Lipinski definition) is 9. The summed E-state index contributed by atoms with van der Waals surface area (Å²) in [6.45, 7) is 3.49. The summed E-state index contributed by atoms with van der Waals surface area (Å²) in [6.07, 6.45) is 13.1. The number of phosphoric ester groups is 1. The number of phosphoric acid groups is 1. The van der Waals surface area contributed by atoms with Crippen molar-refractivity contribution in [3.8, 4) is 0 Å². The molecule has 0 aromatic rings. The van der Waals surface area contributed by atoms with Gasteiger partial charge in [-0.3, -0.25) is 9.59 Å². The van der Waals surface area contributed by atoms with Gasteiger partial charge in [0.1, 0.15) is 6.10 Å². The van der Waals surface area contributed by atoms with E-state index in [0.29, 0.717) is 19.6 Å². The zero-order chi connectivity index (χ0) is 23.9. The Morgan fingerprint density at radius 2 is 1.47 bits per heavy atom. The molecule has 0 bridgehead atoms. The maximum Gasteiger partial charge on any atom is 1.00 e. The van der Waals surface area contributed by atoms with Crippen molar-refractivity contribution in [1.29, 1.82) is 0 Å². The minimum Gasteiger partial charge on any atom is -0.790 e. The molecular formula is C22H42NNa2O8P. The van der Waals surface area contributed by atoms with Crippen LogP contribution in [0.3, 0.4) is 0 Å². The summed E-state index contributed by atoms with van der Waals surface area (Å²) < 4.78 is 25.0. The molecule has 34 heavy (non-hydrogen) atoms. The first-order valence-electron chi connectivity index (χ1n) is 12.0. The predicted octanol–water partition coefficient (Wildman–Crippen LogP) is -3.00. The Hall–Kier alpha value is 1.01. The Kier molecular flexibility index (Phi) is 33.2. The molecule has 0 aliphatic carbocycles. The third-order valence-corrected chi connectivity index (χ3v) is 5.47. The molecule has 0 fully saturated rings. The van der Waals surface area contributed by atoms with Gasteiger partial charge in [-0.25, -0.2) is 0 Å². The second-order valence-corrected chi connectivity index (χ2v) is 9.17. The minimum absolute atomic E-state index is 0. The molecule has 190 valence electrons. The van der Waals surface area contributed by atoms with E-state index in [0.717, 1.165) is 51.4 Å². The molecule has 0 heterocycles. The average molecular weight is 526 g/mol. The Bertz CT molecular complexity index is 511. The van der Waals surface area contributed by atoms with Crippen LogP contribution >= 0.6 is 7.82 Å². The van der Waals surface area contributed by atoms with Crippen molar-refractivity contribution in [2.24, 2.45) is 0 Å². The van der Waals surface area contributed by atoms with Crippen molar-refractivity contribution in [2.75, 3.05) is 26.3 Å². The van der Waals surface area contributed by atoms with Crippen LogP contribution in [0.25, 0.3) is 0 Å². The van der Waals surface area contributed by atoms with E-state index in [1.165, 1.54) is 32.1 Å². The molecule has 0 aromatic carbocycles. The first-order valence-corrected chi connectivity index (χ1v) is 13.5. The van der Waals surface area contributed by atoms with E-state index in [1.54, 1.807) is 0 Å². The third-order valence-electron chi connectivity index (χ3n) is 5.01. The second-order valence-electron chi connectivity index (χ2n) is 8.02. The molecule has 1 N–H and O–H groups in total. The molecule has 12 heteroatoms. The summed E-state index contributed by atoms with van der Waals surface area (Å²) in [4.78, 5) is 43.6. The number of carbonyl (C=O) groups is 2. The minimum atomic E-state index is -5.12. The van der Waals surface area contributed by atoms with E-state index in [9.17, 15) is 23.9 Å². The zero-order valence-electron chi connectivity index (χ0n) is 21.6. The van der Waals surface area contributed by atoms with Crippen molar-refractivity contribution >= 4 is 20.3 Å². The van der Waals surface area contributed by atoms with Crippen LogP contribution in [0.5, 0.6) is 0 Å². The van der Waals surface area contributed by atoms with Gasteiger partial charge in [0.2, 0.25) is 0 Å². The summed E-state index contributed by atoms with van der Waals surface area (Å²) in [5, 5.41) is 3.12. The van der Waals surface area contributed by atoms with Crippen LogP contribution in [0, 0.1) is 0 Å². The van der Waals surface area contributed by atoms with E-state index >= 15 is 0 Å². The van der Waals surface area contributed by atoms with Gasteiger partial charge in [0.25, 0.3) is 6.47 Å². The third kappa shape index (κ3) is 31.0. The molecule has 0 aromatic heterocycles. The molecule has 0 saturated carbocycles. The average Bonchev–Trinajstić information content (AvgIpc) is 2.74. The maximum atomic E-state index is 12.1. The van der Waals surface area contributed by atoms with Gasteiger partial charge in [0, 0.05) is 13.0 Å². The largest absolute Gasteiger partial charge is 1.00 e. The first kappa shape index (κ1) is 39.5. The van der Waals surface area contributed by atoms with E-state index in [1.807, 2.05) is 0 Å². The van der Waals surface area contributed by atoms with Gasteiger partial charge in [-0.05, 0) is 25.8 Å². The molecule has 0 aliphatic rings. The fourth-order valence-electron chi connectivity index (χ4n) is 3.23. The molecule has 0 rings (SSSR count). The summed E-state index contributed by atoms with van der Waals surface area (Å²) >= 11 is 0. The Morgan fingerprint density at radius 3 is 2.06 bits per heavy atom. The predicted molar refractivity (Wildman–Crippen MR) is 119 cm³/mol. The first-order chi connectivity index (χ1) is 15.4. The summed E-state index contributed by atoms with van der Waals surface area (Å²) in [5.74, 6) is -0.407. The van der Waals surface area contributed by atoms with Crippen molar-refractivity contribution in [1.82, 2.24) is 5.32 Å². The molecule has 1 atom stereocenters. The van der Waals surface area contributed by atoms with Crippen LogP contribution < -0.4 is 74.2 Å². The number of esters is 1. The van der Waals surface area contributed by atoms with E-state index in [4.69, 9.17) is 4.74 Å². The van der Waals surface area contributed by atoms with Gasteiger partial charge in [0.15, 0.2) is 0 Å². The van der Waals surface area contributed by atoms with Crippen molar-refractivity contribution in [2.45, 2.75) is 103 Å². The van der Waals surface area contributed by atoms with E-state index in [-0.39, 0.29) is 72.1 Å². The number of unbranched alkanes of at least 4 members (excludes halogenated alkanes) is 11. The molecule has 9 nitrogen and oxygen atoms in total. The van der Waals surface area contributed by atoms with Crippen LogP contribution in [-0.2, 0) is 28.2 Å². The smallest absolute Gasteiger partial charge is 0.790 e. The topological polar surface area (TPSA) is 137 Å². The fourth-order valence-corrected chi connectivity index (χ4v) is 3.58. The van der Waals surface area contributed by atoms with Crippen LogP contribution in [-0.4, -0.2) is 44.8 Å². The molecule has 0 unspecified atom stereocenters. The molecule has 0 saturated heterocycles. The Balaban J connectivity index is -0.00000480. The Labute approximate surface area is 250 Å². The number of rotatable bonds is 24. The van der Waals surface area contributed by atoms with Gasteiger partial charge < -0.3 is 33.7 Å². The molecular weight excluding hydrogens is 483 g/mol. The van der Waals surface area contributed by atoms with Gasteiger partial charge in [-0.1, -0.05) is 71.1 Å². The maximum absolute atomic E-state index is 12.1.